The number of pyridine rings is 2. The van der Waals surface area contributed by atoms with Gasteiger partial charge in [-0.25, -0.2) is 0 Å². The molecular weight excluding hydrogens is 628 g/mol. The first-order valence-corrected chi connectivity index (χ1v) is 19.6. The molecule has 0 saturated carbocycles. The van der Waals surface area contributed by atoms with E-state index < -0.39 is 0 Å². The fourth-order valence-corrected chi connectivity index (χ4v) is 6.19. The van der Waals surface area contributed by atoms with Crippen LogP contribution in [0.2, 0.25) is 0 Å². The van der Waals surface area contributed by atoms with Crippen LogP contribution in [0.3, 0.4) is 0 Å². The van der Waals surface area contributed by atoms with Crippen molar-refractivity contribution >= 4 is 0 Å². The molecule has 0 N–H and O–H groups in total. The Morgan fingerprint density at radius 1 is 0.348 bits per heavy atom. The molecule has 4 heteroatoms. The van der Waals surface area contributed by atoms with E-state index in [1.54, 1.807) is 0 Å². The molecule has 0 aromatic carbocycles. The third kappa shape index (κ3) is 27.7. The molecule has 260 valence electrons. The summed E-state index contributed by atoms with van der Waals surface area (Å²) in [5, 5.41) is 0. The van der Waals surface area contributed by atoms with E-state index in [-0.39, 0.29) is 43.4 Å². The number of nitrogens with zero attached hydrogens (tertiary/aromatic N) is 2. The van der Waals surface area contributed by atoms with Crippen LogP contribution >= 0.6 is 0 Å². The van der Waals surface area contributed by atoms with Gasteiger partial charge in [-0.3, -0.25) is 9.97 Å². The van der Waals surface area contributed by atoms with E-state index >= 15 is 0 Å². The minimum Gasteiger partial charge on any atom is -0.261 e. The third-order valence-corrected chi connectivity index (χ3v) is 9.10. The van der Waals surface area contributed by atoms with Crippen molar-refractivity contribution in [2.24, 2.45) is 0 Å². The Hall–Kier alpha value is -0.271. The summed E-state index contributed by atoms with van der Waals surface area (Å²) in [6.45, 7) is 9.12. The molecule has 0 radical (unpaired) electrons. The molecule has 0 fully saturated rings. The number of unbranched alkanes of at least 4 members (excludes halogenated alkanes) is 20. The van der Waals surface area contributed by atoms with Crippen molar-refractivity contribution in [3.63, 3.8) is 0 Å². The van der Waals surface area contributed by atoms with Crippen molar-refractivity contribution in [2.75, 3.05) is 0 Å². The van der Waals surface area contributed by atoms with E-state index in [0.717, 1.165) is 0 Å². The SMILES string of the molecule is CCCCCCCCc1cccnc1CCCCCCCC.CCCCCCCCc1cccnc1CCCCCCCC.[Ti].[Ti]. The second-order valence-corrected chi connectivity index (χ2v) is 13.3. The van der Waals surface area contributed by atoms with Gasteiger partial charge in [0.25, 0.3) is 0 Å². The van der Waals surface area contributed by atoms with Gasteiger partial charge in [0.15, 0.2) is 0 Å². The van der Waals surface area contributed by atoms with Gasteiger partial charge in [0.05, 0.1) is 0 Å². The molecule has 0 aliphatic carbocycles. The molecule has 0 bridgehead atoms. The summed E-state index contributed by atoms with van der Waals surface area (Å²) in [7, 11) is 0. The number of rotatable bonds is 28. The van der Waals surface area contributed by atoms with E-state index in [9.17, 15) is 0 Å². The second kappa shape index (κ2) is 37.5. The third-order valence-electron chi connectivity index (χ3n) is 9.10. The Morgan fingerprint density at radius 2 is 0.609 bits per heavy atom. The average molecular weight is 703 g/mol. The summed E-state index contributed by atoms with van der Waals surface area (Å²) >= 11 is 0. The fourth-order valence-electron chi connectivity index (χ4n) is 6.19. The molecule has 2 heterocycles. The van der Waals surface area contributed by atoms with E-state index in [1.165, 1.54) is 202 Å². The first-order chi connectivity index (χ1) is 21.8. The molecule has 2 aromatic heterocycles. The first kappa shape index (κ1) is 47.8. The largest absolute Gasteiger partial charge is 0.261 e. The van der Waals surface area contributed by atoms with E-state index in [2.05, 4.69) is 61.9 Å². The van der Waals surface area contributed by atoms with Gasteiger partial charge in [-0.1, -0.05) is 168 Å². The second-order valence-electron chi connectivity index (χ2n) is 13.3. The number of aromatic nitrogens is 2. The number of hydrogen-bond acceptors (Lipinski definition) is 2. The van der Waals surface area contributed by atoms with Gasteiger partial charge in [-0.05, 0) is 74.6 Å². The van der Waals surface area contributed by atoms with Gasteiger partial charge >= 0.3 is 0 Å². The molecule has 46 heavy (non-hydrogen) atoms. The van der Waals surface area contributed by atoms with Gasteiger partial charge in [-0.2, -0.15) is 0 Å². The standard InChI is InChI=1S/2C21H37N.2Ti/c2*1-3-5-7-9-11-13-16-20-17-15-19-22-21(20)18-14-12-10-8-6-4-2;;/h2*15,17,19H,3-14,16,18H2,1-2H3;;. The summed E-state index contributed by atoms with van der Waals surface area (Å²) in [5.41, 5.74) is 5.75. The van der Waals surface area contributed by atoms with Crippen LogP contribution in [-0.2, 0) is 69.1 Å². The summed E-state index contributed by atoms with van der Waals surface area (Å²) in [5.74, 6) is 0. The van der Waals surface area contributed by atoms with Crippen LogP contribution in [0.1, 0.15) is 204 Å². The maximum Gasteiger partial charge on any atom is 0.0435 e. The van der Waals surface area contributed by atoms with Crippen molar-refractivity contribution in [1.82, 2.24) is 9.97 Å². The maximum absolute atomic E-state index is 4.64. The van der Waals surface area contributed by atoms with Crippen LogP contribution < -0.4 is 0 Å². The van der Waals surface area contributed by atoms with E-state index in [0.29, 0.717) is 0 Å². The smallest absolute Gasteiger partial charge is 0.0435 e. The zero-order valence-electron chi connectivity index (χ0n) is 31.2. The Morgan fingerprint density at radius 3 is 0.913 bits per heavy atom. The first-order valence-electron chi connectivity index (χ1n) is 19.6. The van der Waals surface area contributed by atoms with Crippen molar-refractivity contribution < 1.29 is 43.4 Å². The van der Waals surface area contributed by atoms with Crippen molar-refractivity contribution in [1.29, 1.82) is 0 Å². The zero-order chi connectivity index (χ0) is 31.8. The zero-order valence-corrected chi connectivity index (χ0v) is 34.3. The quantitative estimate of drug-likeness (QED) is 0.0652. The predicted molar refractivity (Wildman–Crippen MR) is 197 cm³/mol. The van der Waals surface area contributed by atoms with Gasteiger partial charge in [0.1, 0.15) is 0 Å². The van der Waals surface area contributed by atoms with Crippen molar-refractivity contribution in [3.05, 3.63) is 59.2 Å². The van der Waals surface area contributed by atoms with Crippen LogP contribution in [0.4, 0.5) is 0 Å². The molecule has 0 unspecified atom stereocenters. The molecular formula is C42H74N2Ti2. The predicted octanol–water partition coefficient (Wildman–Crippen LogP) is 13.8. The summed E-state index contributed by atoms with van der Waals surface area (Å²) in [4.78, 5) is 9.28. The Labute approximate surface area is 318 Å². The number of hydrogen-bond donors (Lipinski definition) is 0. The molecule has 0 spiro atoms. The van der Waals surface area contributed by atoms with Crippen LogP contribution in [-0.4, -0.2) is 9.97 Å². The van der Waals surface area contributed by atoms with Gasteiger partial charge < -0.3 is 0 Å². The topological polar surface area (TPSA) is 25.8 Å². The van der Waals surface area contributed by atoms with Gasteiger partial charge in [0.2, 0.25) is 0 Å². The van der Waals surface area contributed by atoms with Crippen LogP contribution in [0.5, 0.6) is 0 Å². The van der Waals surface area contributed by atoms with Crippen LogP contribution in [0.25, 0.3) is 0 Å². The molecule has 0 atom stereocenters. The molecule has 0 aliphatic heterocycles. The Bertz CT molecular complexity index is 731. The van der Waals surface area contributed by atoms with Gasteiger partial charge in [-0.15, -0.1) is 0 Å². The monoisotopic (exact) mass is 702 g/mol. The summed E-state index contributed by atoms with van der Waals surface area (Å²) < 4.78 is 0. The molecule has 0 amide bonds. The molecule has 2 nitrogen and oxygen atoms in total. The fraction of sp³-hybridized carbons (Fsp3) is 0.762. The molecule has 0 saturated heterocycles. The van der Waals surface area contributed by atoms with Crippen molar-refractivity contribution in [3.8, 4) is 0 Å². The Kier molecular flexibility index (Phi) is 39.1. The van der Waals surface area contributed by atoms with E-state index in [4.69, 9.17) is 0 Å². The van der Waals surface area contributed by atoms with Crippen molar-refractivity contribution in [2.45, 2.75) is 207 Å². The van der Waals surface area contributed by atoms with Gasteiger partial charge in [0, 0.05) is 67.2 Å². The minimum atomic E-state index is 0. The molecule has 2 rings (SSSR count). The maximum atomic E-state index is 4.64. The minimum absolute atomic E-state index is 0. The number of aryl methyl sites for hydroxylation is 4. The van der Waals surface area contributed by atoms with E-state index in [1.807, 2.05) is 12.4 Å². The Balaban J connectivity index is 0. The molecule has 0 aliphatic rings. The summed E-state index contributed by atoms with van der Waals surface area (Å²) in [6, 6.07) is 8.81. The van der Waals surface area contributed by atoms with Crippen LogP contribution in [0, 0.1) is 0 Å². The molecule has 2 aromatic rings. The van der Waals surface area contributed by atoms with Crippen LogP contribution in [0.15, 0.2) is 36.7 Å². The summed E-state index contributed by atoms with van der Waals surface area (Å²) in [6.07, 6.45) is 41.7. The normalized spacial score (nSPS) is 10.5. The average Bonchev–Trinajstić information content (AvgIpc) is 3.05.